The van der Waals surface area contributed by atoms with E-state index in [9.17, 15) is 6.80 Å². The number of hydrazine groups is 1. The molecule has 1 fully saturated rings. The maximum atomic E-state index is 10.0. The molecule has 0 radical (unpaired) electrons. The van der Waals surface area contributed by atoms with Gasteiger partial charge in [0.1, 0.15) is 4.32 Å². The average molecular weight is 438 g/mol. The second-order valence-corrected chi connectivity index (χ2v) is 9.27. The van der Waals surface area contributed by atoms with Crippen LogP contribution in [0.2, 0.25) is 0 Å². The average Bonchev–Trinajstić information content (AvgIpc) is 2.37. The predicted molar refractivity (Wildman–Crippen MR) is 83.0 cm³/mol. The zero-order valence-electron chi connectivity index (χ0n) is 10.0. The van der Waals surface area contributed by atoms with E-state index in [-0.39, 0.29) is 4.32 Å². The van der Waals surface area contributed by atoms with E-state index in [4.69, 9.17) is 17.7 Å². The third-order valence-electron chi connectivity index (χ3n) is 1.70. The molecule has 0 spiro atoms. The molecule has 0 bridgehead atoms. The van der Waals surface area contributed by atoms with Crippen LogP contribution in [0, 0.1) is 0 Å². The van der Waals surface area contributed by atoms with Crippen molar-refractivity contribution in [3.8, 4) is 0 Å². The third-order valence-corrected chi connectivity index (χ3v) is 5.69. The van der Waals surface area contributed by atoms with E-state index in [2.05, 4.69) is 50.7 Å². The van der Waals surface area contributed by atoms with Crippen LogP contribution < -0.4 is 16.2 Å². The second kappa shape index (κ2) is 12.7. The molecule has 20 heavy (non-hydrogen) atoms. The molecule has 0 aromatic heterocycles. The van der Waals surface area contributed by atoms with Gasteiger partial charge in [0, 0.05) is 26.2 Å². The summed E-state index contributed by atoms with van der Waals surface area (Å²) in [6.07, 6.45) is 0. The van der Waals surface area contributed by atoms with Gasteiger partial charge in [-0.05, 0) is 0 Å². The van der Waals surface area contributed by atoms with Gasteiger partial charge < -0.3 is 10.7 Å². The summed E-state index contributed by atoms with van der Waals surface area (Å²) < 4.78 is 20.5. The first-order chi connectivity index (χ1) is 9.45. The molecule has 0 amide bonds. The number of nitrogens with zero attached hydrogens (tertiary/aromatic N) is 4. The zero-order valence-corrected chi connectivity index (χ0v) is 15.4. The maximum absolute atomic E-state index is 10.0. The van der Waals surface area contributed by atoms with Gasteiger partial charge in [-0.3, -0.25) is 0 Å². The molecule has 113 valence electrons. The van der Waals surface area contributed by atoms with Gasteiger partial charge in [0.05, 0.1) is 0 Å². The number of piperazine rings is 1. The number of rotatable bonds is 3. The van der Waals surface area contributed by atoms with Crippen molar-refractivity contribution in [3.63, 3.8) is 0 Å². The van der Waals surface area contributed by atoms with Gasteiger partial charge in [-0.2, -0.15) is 0 Å². The molecule has 9 nitrogen and oxygen atoms in total. The number of thiocarbonyl (C=S) groups is 2. The van der Waals surface area contributed by atoms with E-state index >= 15 is 0 Å². The van der Waals surface area contributed by atoms with Crippen LogP contribution in [-0.4, -0.2) is 39.8 Å². The van der Waals surface area contributed by atoms with Gasteiger partial charge in [0.15, 0.2) is 0 Å². The summed E-state index contributed by atoms with van der Waals surface area (Å²) in [6.45, 7) is 4.01. The number of thiol groups is 1. The second-order valence-electron chi connectivity index (χ2n) is 3.03. The molecule has 0 atom stereocenters. The first-order valence-electron chi connectivity index (χ1n) is 5.02. The van der Waals surface area contributed by atoms with Gasteiger partial charge in [-0.15, -0.1) is 12.6 Å². The van der Waals surface area contributed by atoms with Crippen molar-refractivity contribution in [1.82, 2.24) is 21.2 Å². The number of azide groups is 1. The van der Waals surface area contributed by atoms with Crippen LogP contribution in [0.5, 0.6) is 0 Å². The van der Waals surface area contributed by atoms with Gasteiger partial charge >= 0.3 is 69.9 Å². The minimum absolute atomic E-state index is 0.0422. The molecular formula is C6H12MoN7O2S4. The van der Waals surface area contributed by atoms with Crippen LogP contribution >= 0.6 is 46.5 Å². The molecule has 0 aliphatic carbocycles. The fourth-order valence-corrected chi connectivity index (χ4v) is 3.74. The molecule has 1 saturated heterocycles. The third kappa shape index (κ3) is 13.0. The predicted octanol–water partition coefficient (Wildman–Crippen LogP) is 0.654. The molecule has 0 unspecified atom stereocenters. The first kappa shape index (κ1) is 20.0. The monoisotopic (exact) mass is 440 g/mol. The van der Waals surface area contributed by atoms with E-state index in [0.717, 1.165) is 26.2 Å². The van der Waals surface area contributed by atoms with Gasteiger partial charge in [-0.25, -0.2) is 5.01 Å². The topological polar surface area (TPSA) is 122 Å². The Kier molecular flexibility index (Phi) is 12.7. The minimum atomic E-state index is -3.50. The number of nitrogens with one attached hydrogen (secondary N) is 3. The van der Waals surface area contributed by atoms with Crippen molar-refractivity contribution in [2.45, 2.75) is 0 Å². The van der Waals surface area contributed by atoms with Crippen molar-refractivity contribution in [3.05, 3.63) is 10.4 Å². The molecule has 3 N–H and O–H groups in total. The SMILES string of the molecule is S=C(S)NN1CCNCC1.[N-]=[N+]=NNC(=S)[S][Mo](=[O])=[O]. The fourth-order valence-electron chi connectivity index (χ4n) is 1.06. The Morgan fingerprint density at radius 2 is 2.05 bits per heavy atom. The molecule has 0 saturated carbocycles. The molecule has 0 aromatic rings. The van der Waals surface area contributed by atoms with Crippen LogP contribution in [0.4, 0.5) is 0 Å². The van der Waals surface area contributed by atoms with Gasteiger partial charge in [0.25, 0.3) is 0 Å². The van der Waals surface area contributed by atoms with Crippen molar-refractivity contribution >= 4 is 55.2 Å². The standard InChI is InChI=1S/C5H11N3S2.CH2N4S2.Mo.2O/c9-5(10)7-8-3-1-6-2-4-8;2-4-5-3-1(6)7;;;/h6H,1-4H2,(H2,7,9,10);(H2,3,6,7);;;/q;;+1;;/p-1. The summed E-state index contributed by atoms with van der Waals surface area (Å²) in [6, 6.07) is 0. The Morgan fingerprint density at radius 3 is 2.50 bits per heavy atom. The first-order valence-corrected chi connectivity index (χ1v) is 11.1. The van der Waals surface area contributed by atoms with Crippen molar-refractivity contribution in [2.75, 3.05) is 26.2 Å². The Morgan fingerprint density at radius 1 is 1.45 bits per heavy atom. The van der Waals surface area contributed by atoms with Crippen LogP contribution in [-0.2, 0) is 22.8 Å². The molecule has 0 aromatic carbocycles. The van der Waals surface area contributed by atoms with Gasteiger partial charge in [-0.1, -0.05) is 12.2 Å². The Labute approximate surface area is 140 Å². The Bertz CT molecular complexity index is 439. The van der Waals surface area contributed by atoms with Crippen molar-refractivity contribution < 1.29 is 22.8 Å². The van der Waals surface area contributed by atoms with E-state index in [0.29, 0.717) is 13.8 Å². The Balaban J connectivity index is 0.000000361. The number of hydrogen-bond acceptors (Lipinski definition) is 8. The van der Waals surface area contributed by atoms with Gasteiger partial charge in [0.2, 0.25) is 0 Å². The number of hydrogen-bond donors (Lipinski definition) is 4. The van der Waals surface area contributed by atoms with Crippen molar-refractivity contribution in [1.29, 1.82) is 0 Å². The van der Waals surface area contributed by atoms with Crippen LogP contribution in [0.1, 0.15) is 0 Å². The molecule has 1 aliphatic rings. The fraction of sp³-hybridized carbons (Fsp3) is 0.667. The van der Waals surface area contributed by atoms with Crippen LogP contribution in [0.25, 0.3) is 10.4 Å². The quantitative estimate of drug-likeness (QED) is 0.0957. The van der Waals surface area contributed by atoms with Crippen LogP contribution in [0.15, 0.2) is 5.22 Å². The molecule has 1 aliphatic heterocycles. The van der Waals surface area contributed by atoms with Crippen LogP contribution in [0.3, 0.4) is 0 Å². The van der Waals surface area contributed by atoms with Crippen molar-refractivity contribution in [2.24, 2.45) is 5.22 Å². The summed E-state index contributed by atoms with van der Waals surface area (Å²) in [4.78, 5) is 2.31. The molecule has 1 heterocycles. The summed E-state index contributed by atoms with van der Waals surface area (Å²) in [7, 11) is 0.509. The Hall–Kier alpha value is -0.00169. The normalized spacial score (nSPS) is 14.1. The summed E-state index contributed by atoms with van der Waals surface area (Å²) in [5, 5.41) is 8.14. The molecular weight excluding hydrogens is 426 g/mol. The molecule has 14 heteroatoms. The zero-order chi connectivity index (χ0) is 15.4. The van der Waals surface area contributed by atoms with E-state index in [1.165, 1.54) is 0 Å². The summed E-state index contributed by atoms with van der Waals surface area (Å²) in [5.41, 5.74) is 12.7. The molecule has 1 rings (SSSR count). The summed E-state index contributed by atoms with van der Waals surface area (Å²) in [5.74, 6) is 0. The van der Waals surface area contributed by atoms with E-state index in [1.807, 2.05) is 5.43 Å². The summed E-state index contributed by atoms with van der Waals surface area (Å²) >= 11 is 9.66. The van der Waals surface area contributed by atoms with E-state index < -0.39 is 16.0 Å². The van der Waals surface area contributed by atoms with E-state index in [1.54, 1.807) is 0 Å².